The number of aryl methyl sites for hydroxylation is 1. The van der Waals surface area contributed by atoms with Crippen LogP contribution in [0.1, 0.15) is 43.0 Å². The molecule has 176 valence electrons. The van der Waals surface area contributed by atoms with Gasteiger partial charge in [0.2, 0.25) is 5.91 Å². The van der Waals surface area contributed by atoms with Gasteiger partial charge in [-0.1, -0.05) is 24.6 Å². The van der Waals surface area contributed by atoms with E-state index in [1.807, 2.05) is 54.2 Å². The molecule has 0 bridgehead atoms. The van der Waals surface area contributed by atoms with E-state index in [0.717, 1.165) is 36.2 Å². The van der Waals surface area contributed by atoms with Crippen molar-refractivity contribution in [3.05, 3.63) is 53.9 Å². The van der Waals surface area contributed by atoms with E-state index >= 15 is 0 Å². The number of nitrogens with zero attached hydrogens (tertiary/aromatic N) is 4. The summed E-state index contributed by atoms with van der Waals surface area (Å²) >= 11 is 0. The molecule has 0 N–H and O–H groups in total. The SMILES string of the molecule is COCCN(CC(=O)N1N=C(c2cccn2C)C[C@@H]1c1ccccc1OC)C(=O)C1CCC1. The third kappa shape index (κ3) is 4.80. The molecule has 4 rings (SSSR count). The number of rotatable bonds is 9. The predicted octanol–water partition coefficient (Wildman–Crippen LogP) is 2.99. The monoisotopic (exact) mass is 452 g/mol. The maximum Gasteiger partial charge on any atom is 0.262 e. The van der Waals surface area contributed by atoms with E-state index in [2.05, 4.69) is 0 Å². The number of para-hydroxylation sites is 1. The fraction of sp³-hybridized carbons (Fsp3) is 0.480. The molecule has 1 aromatic carbocycles. The number of amides is 2. The Morgan fingerprint density at radius 3 is 2.58 bits per heavy atom. The van der Waals surface area contributed by atoms with E-state index in [1.54, 1.807) is 19.1 Å². The van der Waals surface area contributed by atoms with E-state index in [9.17, 15) is 9.59 Å². The number of hydrazone groups is 1. The summed E-state index contributed by atoms with van der Waals surface area (Å²) in [6, 6.07) is 11.4. The molecule has 33 heavy (non-hydrogen) atoms. The molecular formula is C25H32N4O4. The summed E-state index contributed by atoms with van der Waals surface area (Å²) in [4.78, 5) is 28.2. The molecule has 2 amide bonds. The zero-order valence-corrected chi connectivity index (χ0v) is 19.6. The van der Waals surface area contributed by atoms with Gasteiger partial charge in [-0.3, -0.25) is 9.59 Å². The number of ether oxygens (including phenoxy) is 2. The van der Waals surface area contributed by atoms with Crippen LogP contribution in [-0.4, -0.2) is 65.9 Å². The van der Waals surface area contributed by atoms with Gasteiger partial charge in [0.15, 0.2) is 0 Å². The summed E-state index contributed by atoms with van der Waals surface area (Å²) in [5.74, 6) is 0.552. The van der Waals surface area contributed by atoms with Crippen LogP contribution >= 0.6 is 0 Å². The molecule has 0 saturated heterocycles. The van der Waals surface area contributed by atoms with Gasteiger partial charge >= 0.3 is 0 Å². The molecule has 1 aliphatic heterocycles. The standard InChI is InChI=1S/C25H32N4O4/c1-27-13-7-11-21(27)20-16-22(19-10-4-5-12-23(19)33-3)29(26-20)24(30)17-28(14-15-32-2)25(31)18-8-6-9-18/h4-5,7,10-13,18,22H,6,8-9,14-17H2,1-3H3/t22-/m1/s1. The molecular weight excluding hydrogens is 420 g/mol. The highest BCUT2D eigenvalue weighted by atomic mass is 16.5. The highest BCUT2D eigenvalue weighted by Gasteiger charge is 2.37. The Morgan fingerprint density at radius 2 is 1.94 bits per heavy atom. The number of hydrogen-bond donors (Lipinski definition) is 0. The summed E-state index contributed by atoms with van der Waals surface area (Å²) < 4.78 is 12.8. The number of benzene rings is 1. The molecule has 0 spiro atoms. The molecule has 1 fully saturated rings. The molecule has 0 unspecified atom stereocenters. The zero-order chi connectivity index (χ0) is 23.4. The topological polar surface area (TPSA) is 76.4 Å². The van der Waals surface area contributed by atoms with Crippen molar-refractivity contribution in [3.8, 4) is 5.75 Å². The lowest BCUT2D eigenvalue weighted by atomic mass is 9.84. The largest absolute Gasteiger partial charge is 0.496 e. The second-order valence-corrected chi connectivity index (χ2v) is 8.63. The normalized spacial score (nSPS) is 18.1. The van der Waals surface area contributed by atoms with Gasteiger partial charge in [0, 0.05) is 44.8 Å². The van der Waals surface area contributed by atoms with Crippen LogP contribution in [-0.2, 0) is 21.4 Å². The molecule has 2 aliphatic rings. The van der Waals surface area contributed by atoms with Gasteiger partial charge in [0.1, 0.15) is 12.3 Å². The van der Waals surface area contributed by atoms with Crippen molar-refractivity contribution >= 4 is 17.5 Å². The third-order valence-electron chi connectivity index (χ3n) is 6.56. The van der Waals surface area contributed by atoms with Crippen LogP contribution < -0.4 is 4.74 Å². The Kier molecular flexibility index (Phi) is 7.13. The van der Waals surface area contributed by atoms with Crippen LogP contribution in [0.15, 0.2) is 47.7 Å². The predicted molar refractivity (Wildman–Crippen MR) is 125 cm³/mol. The lowest BCUT2D eigenvalue weighted by molar-refractivity contribution is -0.146. The van der Waals surface area contributed by atoms with Crippen LogP contribution in [0.25, 0.3) is 0 Å². The Hall–Kier alpha value is -3.13. The fourth-order valence-corrected chi connectivity index (χ4v) is 4.46. The van der Waals surface area contributed by atoms with Gasteiger partial charge in [0.05, 0.1) is 31.2 Å². The van der Waals surface area contributed by atoms with Crippen molar-refractivity contribution in [2.24, 2.45) is 18.1 Å². The molecule has 8 heteroatoms. The highest BCUT2D eigenvalue weighted by molar-refractivity contribution is 6.02. The molecule has 8 nitrogen and oxygen atoms in total. The number of methoxy groups -OCH3 is 2. The molecule has 0 radical (unpaired) electrons. The van der Waals surface area contributed by atoms with Crippen molar-refractivity contribution in [2.45, 2.75) is 31.7 Å². The quantitative estimate of drug-likeness (QED) is 0.586. The van der Waals surface area contributed by atoms with Crippen LogP contribution in [0.2, 0.25) is 0 Å². The highest BCUT2D eigenvalue weighted by Crippen LogP contribution is 2.37. The first-order chi connectivity index (χ1) is 16.0. The lowest BCUT2D eigenvalue weighted by Gasteiger charge is -2.32. The van der Waals surface area contributed by atoms with Gasteiger partial charge in [-0.05, 0) is 31.0 Å². The molecule has 2 heterocycles. The summed E-state index contributed by atoms with van der Waals surface area (Å²) in [5, 5.41) is 6.29. The van der Waals surface area contributed by atoms with Crippen molar-refractivity contribution in [3.63, 3.8) is 0 Å². The Labute approximate surface area is 194 Å². The number of aromatic nitrogens is 1. The molecule has 1 aromatic heterocycles. The van der Waals surface area contributed by atoms with Crippen molar-refractivity contribution in [1.82, 2.24) is 14.5 Å². The Morgan fingerprint density at radius 1 is 1.15 bits per heavy atom. The van der Waals surface area contributed by atoms with Crippen LogP contribution in [0.3, 0.4) is 0 Å². The van der Waals surface area contributed by atoms with Crippen LogP contribution in [0.4, 0.5) is 0 Å². The number of carbonyl (C=O) groups excluding carboxylic acids is 2. The van der Waals surface area contributed by atoms with Crippen molar-refractivity contribution in [2.75, 3.05) is 33.9 Å². The Bertz CT molecular complexity index is 1030. The maximum absolute atomic E-state index is 13.6. The zero-order valence-electron chi connectivity index (χ0n) is 19.6. The lowest BCUT2D eigenvalue weighted by Crippen LogP contribution is -2.46. The minimum absolute atomic E-state index is 0.0145. The van der Waals surface area contributed by atoms with E-state index in [-0.39, 0.29) is 30.3 Å². The van der Waals surface area contributed by atoms with Crippen LogP contribution in [0, 0.1) is 5.92 Å². The van der Waals surface area contributed by atoms with E-state index in [1.165, 1.54) is 5.01 Å². The van der Waals surface area contributed by atoms with E-state index < -0.39 is 0 Å². The van der Waals surface area contributed by atoms with Gasteiger partial charge in [-0.2, -0.15) is 5.10 Å². The first kappa shape index (κ1) is 23.0. The Balaban J connectivity index is 1.62. The van der Waals surface area contributed by atoms with Crippen molar-refractivity contribution < 1.29 is 19.1 Å². The van der Waals surface area contributed by atoms with Gasteiger partial charge in [-0.25, -0.2) is 5.01 Å². The molecule has 1 atom stereocenters. The van der Waals surface area contributed by atoms with E-state index in [4.69, 9.17) is 14.6 Å². The average molecular weight is 453 g/mol. The molecule has 2 aromatic rings. The van der Waals surface area contributed by atoms with E-state index in [0.29, 0.717) is 25.3 Å². The summed E-state index contributed by atoms with van der Waals surface area (Å²) in [6.07, 6.45) is 5.37. The minimum atomic E-state index is -0.304. The smallest absolute Gasteiger partial charge is 0.262 e. The minimum Gasteiger partial charge on any atom is -0.496 e. The average Bonchev–Trinajstić information content (AvgIpc) is 3.41. The molecule has 1 aliphatic carbocycles. The number of carbonyl (C=O) groups is 2. The second-order valence-electron chi connectivity index (χ2n) is 8.63. The summed E-state index contributed by atoms with van der Waals surface area (Å²) in [5.41, 5.74) is 2.70. The number of hydrogen-bond acceptors (Lipinski definition) is 5. The van der Waals surface area contributed by atoms with Crippen molar-refractivity contribution in [1.29, 1.82) is 0 Å². The second kappa shape index (κ2) is 10.2. The van der Waals surface area contributed by atoms with Gasteiger partial charge < -0.3 is 18.9 Å². The third-order valence-corrected chi connectivity index (χ3v) is 6.56. The first-order valence-corrected chi connectivity index (χ1v) is 11.4. The van der Waals surface area contributed by atoms with Crippen LogP contribution in [0.5, 0.6) is 5.75 Å². The molecule has 1 saturated carbocycles. The fourth-order valence-electron chi connectivity index (χ4n) is 4.46. The van der Waals surface area contributed by atoms with Gasteiger partial charge in [-0.15, -0.1) is 0 Å². The summed E-state index contributed by atoms with van der Waals surface area (Å²) in [7, 11) is 5.19. The van der Waals surface area contributed by atoms with Gasteiger partial charge in [0.25, 0.3) is 5.91 Å². The first-order valence-electron chi connectivity index (χ1n) is 11.4. The maximum atomic E-state index is 13.6. The summed E-state index contributed by atoms with van der Waals surface area (Å²) in [6.45, 7) is 0.757.